The van der Waals surface area contributed by atoms with Crippen molar-refractivity contribution in [2.24, 2.45) is 0 Å². The summed E-state index contributed by atoms with van der Waals surface area (Å²) in [5.74, 6) is 1.76. The molecule has 11 aromatic carbocycles. The minimum atomic E-state index is 0.574. The Morgan fingerprint density at radius 1 is 0.286 bits per heavy atom. The van der Waals surface area contributed by atoms with Crippen molar-refractivity contribution in [1.82, 2.24) is 19.5 Å². The predicted molar refractivity (Wildman–Crippen MR) is 289 cm³/mol. The van der Waals surface area contributed by atoms with Gasteiger partial charge in [-0.05, 0) is 110 Å². The molecule has 5 heteroatoms. The molecule has 0 bridgehead atoms. The number of hydrogen-bond donors (Lipinski definition) is 0. The molecule has 14 aromatic rings. The zero-order chi connectivity index (χ0) is 46.1. The highest BCUT2D eigenvalue weighted by molar-refractivity contribution is 6.23. The first-order chi connectivity index (χ1) is 34.7. The molecule has 70 heavy (non-hydrogen) atoms. The van der Waals surface area contributed by atoms with E-state index in [-0.39, 0.29) is 0 Å². The van der Waals surface area contributed by atoms with E-state index in [1.54, 1.807) is 0 Å². The molecule has 3 aromatic heterocycles. The van der Waals surface area contributed by atoms with Crippen LogP contribution < -0.4 is 0 Å². The van der Waals surface area contributed by atoms with Crippen molar-refractivity contribution in [3.8, 4) is 73.2 Å². The van der Waals surface area contributed by atoms with Crippen LogP contribution in [0.3, 0.4) is 0 Å². The molecule has 0 spiro atoms. The van der Waals surface area contributed by atoms with E-state index in [0.717, 1.165) is 88.7 Å². The summed E-state index contributed by atoms with van der Waals surface area (Å²) in [4.78, 5) is 15.9. The molecule has 326 valence electrons. The molecular formula is C65H40N4O. The molecule has 3 heterocycles. The van der Waals surface area contributed by atoms with Crippen molar-refractivity contribution >= 4 is 65.3 Å². The topological polar surface area (TPSA) is 56.7 Å². The molecule has 0 amide bonds. The molecule has 5 nitrogen and oxygen atoms in total. The number of para-hydroxylation sites is 1. The Kier molecular flexibility index (Phi) is 9.14. The van der Waals surface area contributed by atoms with Crippen molar-refractivity contribution < 1.29 is 4.42 Å². The van der Waals surface area contributed by atoms with Gasteiger partial charge in [0.05, 0.1) is 11.0 Å². The first kappa shape index (κ1) is 39.7. The zero-order valence-corrected chi connectivity index (χ0v) is 37.8. The maximum absolute atomic E-state index is 6.55. The Morgan fingerprint density at radius 2 is 0.814 bits per heavy atom. The highest BCUT2D eigenvalue weighted by Gasteiger charge is 2.21. The Bertz CT molecular complexity index is 4220. The Morgan fingerprint density at radius 3 is 1.50 bits per heavy atom. The summed E-state index contributed by atoms with van der Waals surface area (Å²) in [5, 5.41) is 9.44. The van der Waals surface area contributed by atoms with Crippen LogP contribution >= 0.6 is 0 Å². The molecule has 0 N–H and O–H groups in total. The molecule has 0 aliphatic rings. The third-order valence-electron chi connectivity index (χ3n) is 13.9. The summed E-state index contributed by atoms with van der Waals surface area (Å²) in [7, 11) is 0. The highest BCUT2D eigenvalue weighted by Crippen LogP contribution is 2.42. The fourth-order valence-electron chi connectivity index (χ4n) is 10.4. The highest BCUT2D eigenvalue weighted by atomic mass is 16.3. The summed E-state index contributed by atoms with van der Waals surface area (Å²) in [6, 6.07) is 85.9. The van der Waals surface area contributed by atoms with Crippen LogP contribution in [0.1, 0.15) is 0 Å². The maximum atomic E-state index is 6.55. The summed E-state index contributed by atoms with van der Waals surface area (Å²) >= 11 is 0. The van der Waals surface area contributed by atoms with Crippen LogP contribution in [0.2, 0.25) is 0 Å². The molecular weight excluding hydrogens is 853 g/mol. The van der Waals surface area contributed by atoms with E-state index in [9.17, 15) is 0 Å². The first-order valence-electron chi connectivity index (χ1n) is 23.7. The van der Waals surface area contributed by atoms with E-state index in [4.69, 9.17) is 19.4 Å². The number of nitrogens with zero attached hydrogens (tertiary/aromatic N) is 4. The molecule has 0 fully saturated rings. The van der Waals surface area contributed by atoms with Gasteiger partial charge in [-0.2, -0.15) is 0 Å². The van der Waals surface area contributed by atoms with Gasteiger partial charge in [-0.25, -0.2) is 15.0 Å². The van der Waals surface area contributed by atoms with E-state index in [0.29, 0.717) is 17.5 Å². The smallest absolute Gasteiger partial charge is 0.164 e. The summed E-state index contributed by atoms with van der Waals surface area (Å²) in [5.41, 5.74) is 14.2. The van der Waals surface area contributed by atoms with Gasteiger partial charge in [0.15, 0.2) is 17.5 Å². The average molecular weight is 893 g/mol. The van der Waals surface area contributed by atoms with Gasteiger partial charge < -0.3 is 8.98 Å². The maximum Gasteiger partial charge on any atom is 0.164 e. The Hall–Kier alpha value is -9.45. The molecule has 0 saturated heterocycles. The van der Waals surface area contributed by atoms with Gasteiger partial charge in [0.1, 0.15) is 11.2 Å². The van der Waals surface area contributed by atoms with Crippen LogP contribution in [-0.2, 0) is 0 Å². The van der Waals surface area contributed by atoms with Crippen molar-refractivity contribution in [3.05, 3.63) is 243 Å². The second kappa shape index (κ2) is 16.1. The molecule has 0 aliphatic carbocycles. The van der Waals surface area contributed by atoms with Crippen LogP contribution in [-0.4, -0.2) is 19.5 Å². The lowest BCUT2D eigenvalue weighted by molar-refractivity contribution is 0.669. The summed E-state index contributed by atoms with van der Waals surface area (Å²) in [6.07, 6.45) is 0. The van der Waals surface area contributed by atoms with Crippen LogP contribution in [0, 0.1) is 0 Å². The number of furan rings is 1. The van der Waals surface area contributed by atoms with Crippen LogP contribution in [0.25, 0.3) is 139 Å². The van der Waals surface area contributed by atoms with E-state index in [2.05, 4.69) is 223 Å². The lowest BCUT2D eigenvalue weighted by Crippen LogP contribution is -2.02. The molecule has 14 rings (SSSR count). The largest absolute Gasteiger partial charge is 0.456 e. The van der Waals surface area contributed by atoms with E-state index in [1.807, 2.05) is 24.3 Å². The zero-order valence-electron chi connectivity index (χ0n) is 37.8. The van der Waals surface area contributed by atoms with Crippen LogP contribution in [0.4, 0.5) is 0 Å². The monoisotopic (exact) mass is 892 g/mol. The normalized spacial score (nSPS) is 11.7. The van der Waals surface area contributed by atoms with Crippen LogP contribution in [0.15, 0.2) is 247 Å². The number of aromatic nitrogens is 4. The second-order valence-electron chi connectivity index (χ2n) is 18.0. The summed E-state index contributed by atoms with van der Waals surface area (Å²) < 4.78 is 8.97. The fraction of sp³-hybridized carbons (Fsp3) is 0. The van der Waals surface area contributed by atoms with Crippen LogP contribution in [0.5, 0.6) is 0 Å². The van der Waals surface area contributed by atoms with Gasteiger partial charge >= 0.3 is 0 Å². The molecule has 0 atom stereocenters. The Balaban J connectivity index is 1.01. The van der Waals surface area contributed by atoms with Gasteiger partial charge in [-0.15, -0.1) is 0 Å². The van der Waals surface area contributed by atoms with Gasteiger partial charge in [0.25, 0.3) is 0 Å². The predicted octanol–water partition coefficient (Wildman–Crippen LogP) is 17.2. The first-order valence-corrected chi connectivity index (χ1v) is 23.7. The number of benzene rings is 11. The standard InChI is InChI=1S/C65H40N4O/c1-3-13-41(14-4-1)43-23-27-46(28-24-43)63-66-64(47-29-25-44(26-30-47)42-15-5-2-6-16-42)68-65(67-63)55-35-33-51(40-56(55)50-31-34-54-53-21-11-12-22-60(53)70-61(54)39-50)69-58-36-32-45-17-9-10-20-52(45)62(58)57-37-48-18-7-8-19-49(48)38-59(57)69/h1-40H. The minimum Gasteiger partial charge on any atom is -0.456 e. The Labute approximate surface area is 403 Å². The van der Waals surface area contributed by atoms with Crippen molar-refractivity contribution in [3.63, 3.8) is 0 Å². The van der Waals surface area contributed by atoms with Crippen molar-refractivity contribution in [1.29, 1.82) is 0 Å². The average Bonchev–Trinajstić information content (AvgIpc) is 3.97. The summed E-state index contributed by atoms with van der Waals surface area (Å²) in [6.45, 7) is 0. The fourth-order valence-corrected chi connectivity index (χ4v) is 10.4. The third kappa shape index (κ3) is 6.67. The molecule has 0 radical (unpaired) electrons. The molecule has 0 unspecified atom stereocenters. The third-order valence-corrected chi connectivity index (χ3v) is 13.9. The quantitative estimate of drug-likeness (QED) is 0.160. The lowest BCUT2D eigenvalue weighted by Gasteiger charge is -2.16. The lowest BCUT2D eigenvalue weighted by atomic mass is 9.96. The van der Waals surface area contributed by atoms with Gasteiger partial charge in [0.2, 0.25) is 0 Å². The molecule has 0 aliphatic heterocycles. The van der Waals surface area contributed by atoms with E-state index < -0.39 is 0 Å². The second-order valence-corrected chi connectivity index (χ2v) is 18.0. The van der Waals surface area contributed by atoms with E-state index in [1.165, 1.54) is 32.3 Å². The minimum absolute atomic E-state index is 0.574. The number of fused-ring (bicyclic) bond motifs is 9. The number of hydrogen-bond acceptors (Lipinski definition) is 4. The van der Waals surface area contributed by atoms with E-state index >= 15 is 0 Å². The van der Waals surface area contributed by atoms with Crippen molar-refractivity contribution in [2.45, 2.75) is 0 Å². The SMILES string of the molecule is c1ccc(-c2ccc(-c3nc(-c4ccc(-c5ccccc5)cc4)nc(-c4ccc(-n5c6cc7ccccc7cc6c6c7ccccc7ccc65)cc4-c4ccc5c(c4)oc4ccccc45)n3)cc2)cc1. The molecule has 0 saturated carbocycles. The van der Waals surface area contributed by atoms with Crippen molar-refractivity contribution in [2.75, 3.05) is 0 Å². The number of rotatable bonds is 7. The van der Waals surface area contributed by atoms with Gasteiger partial charge in [-0.3, -0.25) is 0 Å². The van der Waals surface area contributed by atoms with Gasteiger partial charge in [-0.1, -0.05) is 188 Å². The van der Waals surface area contributed by atoms with Gasteiger partial charge in [0, 0.05) is 43.9 Å².